The molecule has 146 valence electrons. The second-order valence-corrected chi connectivity index (χ2v) is 9.08. The third-order valence-electron chi connectivity index (χ3n) is 4.99. The third-order valence-corrected chi connectivity index (χ3v) is 5.97. The summed E-state index contributed by atoms with van der Waals surface area (Å²) in [6, 6.07) is 6.31. The number of piperidine rings is 1. The van der Waals surface area contributed by atoms with E-state index in [2.05, 4.69) is 9.88 Å². The van der Waals surface area contributed by atoms with Crippen LogP contribution in [0.4, 0.5) is 4.39 Å². The van der Waals surface area contributed by atoms with Crippen LogP contribution < -0.4 is 0 Å². The summed E-state index contributed by atoms with van der Waals surface area (Å²) >= 11 is 0. The standard InChI is InChI=1S/C19H24FN3O3S/c1-14(24)15-7-5-9-22(11-15)13-17-10-21-19(27(2,25)26)23(17)12-16-6-3-4-8-18(16)20/h3-4,6,8,10,15H,5,7,9,11-13H2,1-2H3/t15-/m1/s1. The molecule has 0 bridgehead atoms. The molecule has 1 saturated heterocycles. The number of likely N-dealkylation sites (tertiary alicyclic amines) is 1. The predicted molar refractivity (Wildman–Crippen MR) is 99.5 cm³/mol. The zero-order valence-electron chi connectivity index (χ0n) is 15.6. The number of imidazole rings is 1. The monoisotopic (exact) mass is 393 g/mol. The van der Waals surface area contributed by atoms with Crippen molar-refractivity contribution in [3.63, 3.8) is 0 Å². The van der Waals surface area contributed by atoms with Gasteiger partial charge in [-0.05, 0) is 32.4 Å². The molecule has 1 aliphatic heterocycles. The lowest BCUT2D eigenvalue weighted by Gasteiger charge is -2.31. The highest BCUT2D eigenvalue weighted by Crippen LogP contribution is 2.22. The smallest absolute Gasteiger partial charge is 0.227 e. The Labute approximate surface area is 158 Å². The van der Waals surface area contributed by atoms with E-state index in [1.54, 1.807) is 29.7 Å². The van der Waals surface area contributed by atoms with E-state index in [1.807, 2.05) is 0 Å². The van der Waals surface area contributed by atoms with Crippen LogP contribution in [0.2, 0.25) is 0 Å². The Kier molecular flexibility index (Phi) is 5.76. The van der Waals surface area contributed by atoms with Crippen LogP contribution in [0.5, 0.6) is 0 Å². The summed E-state index contributed by atoms with van der Waals surface area (Å²) in [4.78, 5) is 17.9. The first kappa shape index (κ1) is 19.7. The topological polar surface area (TPSA) is 72.3 Å². The van der Waals surface area contributed by atoms with Crippen molar-refractivity contribution in [1.82, 2.24) is 14.5 Å². The first-order valence-corrected chi connectivity index (χ1v) is 10.9. The number of halogens is 1. The van der Waals surface area contributed by atoms with Gasteiger partial charge in [0.05, 0.1) is 18.4 Å². The third kappa shape index (κ3) is 4.62. The van der Waals surface area contributed by atoms with Crippen LogP contribution in [0, 0.1) is 11.7 Å². The summed E-state index contributed by atoms with van der Waals surface area (Å²) in [5.41, 5.74) is 1.10. The highest BCUT2D eigenvalue weighted by atomic mass is 32.2. The van der Waals surface area contributed by atoms with Gasteiger partial charge in [0.15, 0.2) is 0 Å². The number of hydrogen-bond donors (Lipinski definition) is 0. The number of carbonyl (C=O) groups is 1. The fourth-order valence-electron chi connectivity index (χ4n) is 3.54. The minimum atomic E-state index is -3.55. The Morgan fingerprint density at radius 2 is 2.04 bits per heavy atom. The van der Waals surface area contributed by atoms with E-state index in [-0.39, 0.29) is 29.2 Å². The fraction of sp³-hybridized carbons (Fsp3) is 0.474. The lowest BCUT2D eigenvalue weighted by Crippen LogP contribution is -2.38. The Bertz CT molecular complexity index is 939. The summed E-state index contributed by atoms with van der Waals surface area (Å²) in [6.07, 6.45) is 4.44. The molecular formula is C19H24FN3O3S. The molecule has 1 atom stereocenters. The Morgan fingerprint density at radius 1 is 1.30 bits per heavy atom. The molecule has 27 heavy (non-hydrogen) atoms. The van der Waals surface area contributed by atoms with Crippen LogP contribution in [-0.2, 0) is 27.7 Å². The van der Waals surface area contributed by atoms with Gasteiger partial charge in [0.25, 0.3) is 0 Å². The number of nitrogens with zero attached hydrogens (tertiary/aromatic N) is 3. The molecule has 0 spiro atoms. The lowest BCUT2D eigenvalue weighted by atomic mass is 9.94. The lowest BCUT2D eigenvalue weighted by molar-refractivity contribution is -0.122. The van der Waals surface area contributed by atoms with Gasteiger partial charge in [-0.25, -0.2) is 17.8 Å². The maximum absolute atomic E-state index is 14.1. The summed E-state index contributed by atoms with van der Waals surface area (Å²) in [5.74, 6) is -0.196. The normalized spacial score (nSPS) is 18.6. The molecule has 0 aliphatic carbocycles. The van der Waals surface area contributed by atoms with E-state index < -0.39 is 9.84 Å². The molecule has 1 fully saturated rings. The number of carbonyl (C=O) groups excluding carboxylic acids is 1. The molecule has 0 radical (unpaired) electrons. The quantitative estimate of drug-likeness (QED) is 0.753. The fourth-order valence-corrected chi connectivity index (χ4v) is 4.37. The molecule has 1 aromatic carbocycles. The van der Waals surface area contributed by atoms with E-state index in [1.165, 1.54) is 12.3 Å². The number of hydrogen-bond acceptors (Lipinski definition) is 5. The van der Waals surface area contributed by atoms with Gasteiger partial charge in [-0.1, -0.05) is 18.2 Å². The highest BCUT2D eigenvalue weighted by Gasteiger charge is 2.26. The first-order valence-electron chi connectivity index (χ1n) is 8.96. The summed E-state index contributed by atoms with van der Waals surface area (Å²) in [6.45, 7) is 3.66. The van der Waals surface area contributed by atoms with Crippen LogP contribution in [0.25, 0.3) is 0 Å². The number of sulfone groups is 1. The van der Waals surface area contributed by atoms with E-state index in [4.69, 9.17) is 0 Å². The molecule has 1 aliphatic rings. The molecule has 0 N–H and O–H groups in total. The highest BCUT2D eigenvalue weighted by molar-refractivity contribution is 7.90. The van der Waals surface area contributed by atoms with Gasteiger partial charge in [-0.3, -0.25) is 9.69 Å². The van der Waals surface area contributed by atoms with Gasteiger partial charge in [-0.15, -0.1) is 0 Å². The van der Waals surface area contributed by atoms with Crippen LogP contribution >= 0.6 is 0 Å². The van der Waals surface area contributed by atoms with E-state index in [0.717, 1.165) is 25.6 Å². The molecule has 2 heterocycles. The van der Waals surface area contributed by atoms with Gasteiger partial charge in [-0.2, -0.15) is 0 Å². The van der Waals surface area contributed by atoms with Crippen molar-refractivity contribution in [3.05, 3.63) is 47.5 Å². The number of aromatic nitrogens is 2. The minimum absolute atomic E-state index is 0.0102. The second kappa shape index (κ2) is 7.90. The Morgan fingerprint density at radius 3 is 2.70 bits per heavy atom. The number of rotatable bonds is 6. The summed E-state index contributed by atoms with van der Waals surface area (Å²) in [5, 5.41) is -0.0686. The number of benzene rings is 1. The van der Waals surface area contributed by atoms with Gasteiger partial charge < -0.3 is 4.57 Å². The zero-order chi connectivity index (χ0) is 19.6. The average Bonchev–Trinajstić information content (AvgIpc) is 3.00. The first-order chi connectivity index (χ1) is 12.8. The van der Waals surface area contributed by atoms with Crippen molar-refractivity contribution in [2.75, 3.05) is 19.3 Å². The average molecular weight is 393 g/mol. The summed E-state index contributed by atoms with van der Waals surface area (Å²) < 4.78 is 40.0. The van der Waals surface area contributed by atoms with Crippen molar-refractivity contribution < 1.29 is 17.6 Å². The predicted octanol–water partition coefficient (Wildman–Crippen LogP) is 2.28. The second-order valence-electron chi connectivity index (χ2n) is 7.17. The number of ketones is 1. The molecule has 2 aromatic rings. The van der Waals surface area contributed by atoms with Crippen LogP contribution in [0.15, 0.2) is 35.6 Å². The maximum Gasteiger partial charge on any atom is 0.227 e. The molecule has 0 saturated carbocycles. The van der Waals surface area contributed by atoms with Gasteiger partial charge in [0, 0.05) is 30.8 Å². The van der Waals surface area contributed by atoms with E-state index in [9.17, 15) is 17.6 Å². The van der Waals surface area contributed by atoms with Crippen molar-refractivity contribution >= 4 is 15.6 Å². The van der Waals surface area contributed by atoms with E-state index in [0.29, 0.717) is 24.3 Å². The van der Waals surface area contributed by atoms with Crippen molar-refractivity contribution in [2.24, 2.45) is 5.92 Å². The van der Waals surface area contributed by atoms with Gasteiger partial charge >= 0.3 is 0 Å². The van der Waals surface area contributed by atoms with Crippen molar-refractivity contribution in [3.8, 4) is 0 Å². The van der Waals surface area contributed by atoms with Crippen LogP contribution in [0.3, 0.4) is 0 Å². The SMILES string of the molecule is CC(=O)[C@@H]1CCCN(Cc2cnc(S(C)(=O)=O)n2Cc2ccccc2F)C1. The molecular weight excluding hydrogens is 369 g/mol. The van der Waals surface area contributed by atoms with Crippen LogP contribution in [-0.4, -0.2) is 48.0 Å². The number of Topliss-reactive ketones (excluding diaryl/α,β-unsaturated/α-hetero) is 1. The van der Waals surface area contributed by atoms with E-state index >= 15 is 0 Å². The van der Waals surface area contributed by atoms with Crippen molar-refractivity contribution in [1.29, 1.82) is 0 Å². The van der Waals surface area contributed by atoms with Crippen LogP contribution in [0.1, 0.15) is 31.0 Å². The summed E-state index contributed by atoms with van der Waals surface area (Å²) in [7, 11) is -3.55. The Hall–Kier alpha value is -2.06. The zero-order valence-corrected chi connectivity index (χ0v) is 16.4. The molecule has 0 unspecified atom stereocenters. The maximum atomic E-state index is 14.1. The molecule has 1 aromatic heterocycles. The molecule has 8 heteroatoms. The largest absolute Gasteiger partial charge is 0.313 e. The molecule has 3 rings (SSSR count). The van der Waals surface area contributed by atoms with Gasteiger partial charge in [0.2, 0.25) is 15.0 Å². The minimum Gasteiger partial charge on any atom is -0.313 e. The molecule has 6 nitrogen and oxygen atoms in total. The van der Waals surface area contributed by atoms with Gasteiger partial charge in [0.1, 0.15) is 11.6 Å². The van der Waals surface area contributed by atoms with Crippen molar-refractivity contribution in [2.45, 2.75) is 38.0 Å². The molecule has 0 amide bonds. The Balaban J connectivity index is 1.90.